The maximum atomic E-state index is 13.8. The first-order valence-electron chi connectivity index (χ1n) is 9.83. The highest BCUT2D eigenvalue weighted by Crippen LogP contribution is 2.22. The first-order valence-corrected chi connectivity index (χ1v) is 9.83. The molecule has 2 aromatic carbocycles. The van der Waals surface area contributed by atoms with Gasteiger partial charge in [-0.3, -0.25) is 24.5 Å². The number of carbonyl (C=O) groups excluding carboxylic acids is 3. The lowest BCUT2D eigenvalue weighted by Crippen LogP contribution is -2.43. The lowest BCUT2D eigenvalue weighted by Gasteiger charge is -2.32. The number of anilines is 1. The quantitative estimate of drug-likeness (QED) is 0.415. The van der Waals surface area contributed by atoms with Crippen molar-refractivity contribution in [3.05, 3.63) is 69.8 Å². The summed E-state index contributed by atoms with van der Waals surface area (Å²) in [5, 5.41) is 15.4. The number of nitro benzene ring substituents is 1. The molecule has 2 aromatic rings. The van der Waals surface area contributed by atoms with Gasteiger partial charge in [0.05, 0.1) is 10.5 Å². The third kappa shape index (κ3) is 5.42. The van der Waals surface area contributed by atoms with Gasteiger partial charge in [0.25, 0.3) is 5.91 Å². The monoisotopic (exact) mass is 446 g/mol. The van der Waals surface area contributed by atoms with E-state index in [1.807, 2.05) is 0 Å². The van der Waals surface area contributed by atoms with Crippen LogP contribution in [-0.2, 0) is 9.59 Å². The molecule has 0 bridgehead atoms. The van der Waals surface area contributed by atoms with Gasteiger partial charge >= 0.3 is 17.5 Å². The molecular formula is C21H20F2N4O5. The molecule has 3 rings (SSSR count). The SMILES string of the molecule is O=C(NCC1CCN(C(=O)c2ccccc2F)CC1)C(=O)Nc1ccc(F)c([N+](=O)[O-])c1. The Balaban J connectivity index is 1.46. The molecule has 32 heavy (non-hydrogen) atoms. The van der Waals surface area contributed by atoms with Gasteiger partial charge in [-0.25, -0.2) is 4.39 Å². The first kappa shape index (κ1) is 22.8. The molecule has 0 aromatic heterocycles. The summed E-state index contributed by atoms with van der Waals surface area (Å²) in [6, 6.07) is 8.51. The zero-order valence-corrected chi connectivity index (χ0v) is 16.8. The number of piperidine rings is 1. The van der Waals surface area contributed by atoms with E-state index in [9.17, 15) is 33.3 Å². The van der Waals surface area contributed by atoms with Crippen LogP contribution in [0.1, 0.15) is 23.2 Å². The summed E-state index contributed by atoms with van der Waals surface area (Å²) >= 11 is 0. The molecule has 1 saturated heterocycles. The van der Waals surface area contributed by atoms with Gasteiger partial charge in [0.2, 0.25) is 5.82 Å². The molecule has 0 atom stereocenters. The van der Waals surface area contributed by atoms with E-state index in [4.69, 9.17) is 0 Å². The second kappa shape index (κ2) is 9.94. The summed E-state index contributed by atoms with van der Waals surface area (Å²) in [6.45, 7) is 0.968. The lowest BCUT2D eigenvalue weighted by atomic mass is 9.96. The van der Waals surface area contributed by atoms with Crippen molar-refractivity contribution >= 4 is 29.1 Å². The Morgan fingerprint density at radius 3 is 2.38 bits per heavy atom. The van der Waals surface area contributed by atoms with Crippen LogP contribution in [0, 0.1) is 27.7 Å². The average Bonchev–Trinajstić information content (AvgIpc) is 2.78. The van der Waals surface area contributed by atoms with Crippen LogP contribution in [0.3, 0.4) is 0 Å². The number of nitrogens with one attached hydrogen (secondary N) is 2. The second-order valence-corrected chi connectivity index (χ2v) is 7.30. The molecule has 9 nitrogen and oxygen atoms in total. The molecule has 0 radical (unpaired) electrons. The molecule has 0 unspecified atom stereocenters. The molecule has 0 aliphatic carbocycles. The van der Waals surface area contributed by atoms with Gasteiger partial charge < -0.3 is 15.5 Å². The molecule has 0 saturated carbocycles. The Labute approximate surface area is 181 Å². The molecule has 0 spiro atoms. The molecule has 1 fully saturated rings. The van der Waals surface area contributed by atoms with Gasteiger partial charge in [-0.05, 0) is 43.0 Å². The average molecular weight is 446 g/mol. The van der Waals surface area contributed by atoms with E-state index in [2.05, 4.69) is 10.6 Å². The van der Waals surface area contributed by atoms with Crippen molar-refractivity contribution in [1.82, 2.24) is 10.2 Å². The maximum absolute atomic E-state index is 13.8. The Hall–Kier alpha value is -3.89. The molecule has 1 aliphatic rings. The Kier molecular flexibility index (Phi) is 7.08. The van der Waals surface area contributed by atoms with Crippen LogP contribution in [0.25, 0.3) is 0 Å². The van der Waals surface area contributed by atoms with Crippen molar-refractivity contribution in [2.45, 2.75) is 12.8 Å². The van der Waals surface area contributed by atoms with Crippen LogP contribution >= 0.6 is 0 Å². The number of amides is 3. The molecule has 11 heteroatoms. The molecular weight excluding hydrogens is 426 g/mol. The highest BCUT2D eigenvalue weighted by atomic mass is 19.1. The zero-order chi connectivity index (χ0) is 23.3. The molecule has 1 aliphatic heterocycles. The maximum Gasteiger partial charge on any atom is 0.313 e. The standard InChI is InChI=1S/C21H20F2N4O5/c22-16-4-2-1-3-15(16)21(30)26-9-7-13(8-10-26)12-24-19(28)20(29)25-14-5-6-17(23)18(11-14)27(31)32/h1-6,11,13H,7-10,12H2,(H,24,28)(H,25,29). The molecule has 168 valence electrons. The van der Waals surface area contributed by atoms with Gasteiger partial charge in [0.1, 0.15) is 5.82 Å². The number of halogens is 2. The Morgan fingerprint density at radius 2 is 1.72 bits per heavy atom. The largest absolute Gasteiger partial charge is 0.348 e. The van der Waals surface area contributed by atoms with E-state index in [-0.39, 0.29) is 23.7 Å². The second-order valence-electron chi connectivity index (χ2n) is 7.30. The highest BCUT2D eigenvalue weighted by molar-refractivity contribution is 6.39. The fraction of sp³-hybridized carbons (Fsp3) is 0.286. The minimum absolute atomic E-state index is 0.0111. The van der Waals surface area contributed by atoms with Crippen LogP contribution in [0.5, 0.6) is 0 Å². The molecule has 1 heterocycles. The summed E-state index contributed by atoms with van der Waals surface area (Å²) in [7, 11) is 0. The summed E-state index contributed by atoms with van der Waals surface area (Å²) in [5.41, 5.74) is -0.893. The van der Waals surface area contributed by atoms with Gasteiger partial charge in [-0.15, -0.1) is 0 Å². The van der Waals surface area contributed by atoms with Crippen molar-refractivity contribution < 1.29 is 28.1 Å². The fourth-order valence-corrected chi connectivity index (χ4v) is 3.38. The van der Waals surface area contributed by atoms with E-state index in [0.717, 1.165) is 18.2 Å². The van der Waals surface area contributed by atoms with Crippen molar-refractivity contribution in [2.75, 3.05) is 25.0 Å². The minimum Gasteiger partial charge on any atom is -0.348 e. The van der Waals surface area contributed by atoms with Crippen LogP contribution in [0.15, 0.2) is 42.5 Å². The van der Waals surface area contributed by atoms with E-state index < -0.39 is 40.0 Å². The Morgan fingerprint density at radius 1 is 1.03 bits per heavy atom. The number of hydrogen-bond donors (Lipinski definition) is 2. The predicted octanol–water partition coefficient (Wildman–Crippen LogP) is 2.48. The normalized spacial score (nSPS) is 14.0. The van der Waals surface area contributed by atoms with Crippen LogP contribution < -0.4 is 10.6 Å². The number of hydrogen-bond acceptors (Lipinski definition) is 5. The van der Waals surface area contributed by atoms with Gasteiger partial charge in [0.15, 0.2) is 0 Å². The van der Waals surface area contributed by atoms with Crippen LogP contribution in [-0.4, -0.2) is 47.2 Å². The van der Waals surface area contributed by atoms with Crippen molar-refractivity contribution in [2.24, 2.45) is 5.92 Å². The predicted molar refractivity (Wildman–Crippen MR) is 110 cm³/mol. The zero-order valence-electron chi connectivity index (χ0n) is 16.8. The molecule has 3 amide bonds. The fourth-order valence-electron chi connectivity index (χ4n) is 3.38. The smallest absolute Gasteiger partial charge is 0.313 e. The third-order valence-electron chi connectivity index (χ3n) is 5.16. The van der Waals surface area contributed by atoms with E-state index in [1.165, 1.54) is 18.2 Å². The van der Waals surface area contributed by atoms with E-state index in [1.54, 1.807) is 11.0 Å². The number of rotatable bonds is 5. The van der Waals surface area contributed by atoms with Crippen molar-refractivity contribution in [1.29, 1.82) is 0 Å². The van der Waals surface area contributed by atoms with Gasteiger partial charge in [0, 0.05) is 31.4 Å². The summed E-state index contributed by atoms with van der Waals surface area (Å²) < 4.78 is 27.2. The minimum atomic E-state index is -1.06. The van der Waals surface area contributed by atoms with Crippen LogP contribution in [0.4, 0.5) is 20.2 Å². The first-order chi connectivity index (χ1) is 15.3. The van der Waals surface area contributed by atoms with Gasteiger partial charge in [-0.1, -0.05) is 12.1 Å². The summed E-state index contributed by atoms with van der Waals surface area (Å²) in [4.78, 5) is 47.9. The number of carbonyl (C=O) groups is 3. The van der Waals surface area contributed by atoms with Crippen molar-refractivity contribution in [3.8, 4) is 0 Å². The highest BCUT2D eigenvalue weighted by Gasteiger charge is 2.26. The number of likely N-dealkylation sites (tertiary alicyclic amines) is 1. The van der Waals surface area contributed by atoms with E-state index >= 15 is 0 Å². The van der Waals surface area contributed by atoms with Crippen LogP contribution in [0.2, 0.25) is 0 Å². The topological polar surface area (TPSA) is 122 Å². The van der Waals surface area contributed by atoms with E-state index in [0.29, 0.717) is 25.9 Å². The molecule has 2 N–H and O–H groups in total. The number of benzene rings is 2. The summed E-state index contributed by atoms with van der Waals surface area (Å²) in [6.07, 6.45) is 1.12. The van der Waals surface area contributed by atoms with Crippen molar-refractivity contribution in [3.63, 3.8) is 0 Å². The van der Waals surface area contributed by atoms with Gasteiger partial charge in [-0.2, -0.15) is 4.39 Å². The lowest BCUT2D eigenvalue weighted by molar-refractivity contribution is -0.387. The Bertz CT molecular complexity index is 1050. The summed E-state index contributed by atoms with van der Waals surface area (Å²) in [5.74, 6) is -4.00. The number of nitrogens with zero attached hydrogens (tertiary/aromatic N) is 2. The number of nitro groups is 1. The third-order valence-corrected chi connectivity index (χ3v) is 5.16.